The van der Waals surface area contributed by atoms with Gasteiger partial charge >= 0.3 is 0 Å². The highest BCUT2D eigenvalue weighted by Crippen LogP contribution is 2.24. The van der Waals surface area contributed by atoms with Crippen LogP contribution in [0.25, 0.3) is 0 Å². The summed E-state index contributed by atoms with van der Waals surface area (Å²) >= 11 is 0. The van der Waals surface area contributed by atoms with E-state index in [0.717, 1.165) is 31.5 Å². The lowest BCUT2D eigenvalue weighted by molar-refractivity contribution is -0.107. The van der Waals surface area contributed by atoms with E-state index in [0.29, 0.717) is 37.8 Å². The minimum Gasteiger partial charge on any atom is -0.370 e. The molecule has 0 aromatic heterocycles. The summed E-state index contributed by atoms with van der Waals surface area (Å²) in [6.07, 6.45) is 4.08. The van der Waals surface area contributed by atoms with E-state index in [9.17, 15) is 4.79 Å². The summed E-state index contributed by atoms with van der Waals surface area (Å²) in [4.78, 5) is 20.9. The van der Waals surface area contributed by atoms with Crippen LogP contribution in [0.5, 0.6) is 0 Å². The lowest BCUT2D eigenvalue weighted by Crippen LogP contribution is -2.36. The van der Waals surface area contributed by atoms with Gasteiger partial charge < -0.3 is 26.5 Å². The minimum absolute atomic E-state index is 0.340. The Morgan fingerprint density at radius 1 is 1.31 bits per heavy atom. The summed E-state index contributed by atoms with van der Waals surface area (Å²) in [5.41, 5.74) is 12.9. The molecule has 1 saturated heterocycles. The van der Waals surface area contributed by atoms with Crippen molar-refractivity contribution in [2.45, 2.75) is 51.6 Å². The molecule has 2 unspecified atom stereocenters. The number of rotatable bonds is 10. The minimum atomic E-state index is -0.340. The first-order valence-electron chi connectivity index (χ1n) is 11.0. The van der Waals surface area contributed by atoms with Crippen LogP contribution < -0.4 is 16.8 Å². The summed E-state index contributed by atoms with van der Waals surface area (Å²) in [5, 5.41) is 3.30. The van der Waals surface area contributed by atoms with Gasteiger partial charge in [-0.25, -0.2) is 4.99 Å². The zero-order valence-electron chi connectivity index (χ0n) is 20.1. The van der Waals surface area contributed by atoms with Gasteiger partial charge in [0.15, 0.2) is 0 Å². The summed E-state index contributed by atoms with van der Waals surface area (Å²) in [6.45, 7) is 18.0. The number of nitrogens with one attached hydrogen (secondary N) is 1. The van der Waals surface area contributed by atoms with Gasteiger partial charge in [-0.05, 0) is 46.9 Å². The number of nitrogens with zero attached hydrogens (tertiary/aromatic N) is 3. The molecule has 2 rings (SSSR count). The highest BCUT2D eigenvalue weighted by Gasteiger charge is 2.25. The Balaban J connectivity index is 0.000000889. The SMILES string of the molecule is C=NC(=NCCNC(=C)N1CCCC1C(=C)C)C(N)CCC=O.CN.Cc1ccccc1. The van der Waals surface area contributed by atoms with Crippen LogP contribution in [-0.4, -0.2) is 62.5 Å². The van der Waals surface area contributed by atoms with Gasteiger partial charge in [0.25, 0.3) is 0 Å². The number of amidine groups is 1. The van der Waals surface area contributed by atoms with Crippen LogP contribution in [0.1, 0.15) is 38.2 Å². The molecule has 1 aromatic carbocycles. The molecule has 1 fully saturated rings. The van der Waals surface area contributed by atoms with Gasteiger partial charge in [0.2, 0.25) is 0 Å². The van der Waals surface area contributed by atoms with Crippen LogP contribution in [0, 0.1) is 6.92 Å². The summed E-state index contributed by atoms with van der Waals surface area (Å²) in [5.74, 6) is 1.41. The Bertz CT molecular complexity index is 716. The molecule has 1 aliphatic rings. The number of likely N-dealkylation sites (tertiary alicyclic amines) is 1. The lowest BCUT2D eigenvalue weighted by atomic mass is 10.1. The van der Waals surface area contributed by atoms with Gasteiger partial charge in [-0.1, -0.05) is 54.6 Å². The number of benzene rings is 1. The molecule has 0 bridgehead atoms. The number of aryl methyl sites for hydroxylation is 1. The molecule has 2 atom stereocenters. The highest BCUT2D eigenvalue weighted by molar-refractivity contribution is 5.90. The zero-order chi connectivity index (χ0) is 24.4. The van der Waals surface area contributed by atoms with E-state index in [1.807, 2.05) is 18.2 Å². The van der Waals surface area contributed by atoms with Crippen molar-refractivity contribution in [3.8, 4) is 0 Å². The molecule has 7 nitrogen and oxygen atoms in total. The first-order chi connectivity index (χ1) is 15.4. The third-order valence-corrected chi connectivity index (χ3v) is 4.91. The molecule has 0 amide bonds. The van der Waals surface area contributed by atoms with E-state index in [4.69, 9.17) is 5.73 Å². The van der Waals surface area contributed by atoms with E-state index in [1.54, 1.807) is 0 Å². The standard InChI is InChI=1S/C17H29N5O.C7H8.CH5N/c1-13(2)16-8-5-11-22(16)14(3)20-9-10-21-17(19-4)15(18)7-6-12-23;1-7-5-3-2-4-6-7;1-2/h12,15-16,20H,1,3-11,18H2,2H3;2-6H,1H3;2H2,1H3. The second-order valence-corrected chi connectivity index (χ2v) is 7.47. The van der Waals surface area contributed by atoms with Crippen molar-refractivity contribution >= 4 is 18.8 Å². The first kappa shape index (κ1) is 29.2. The monoisotopic (exact) mass is 442 g/mol. The molecular formula is C25H42N6O. The smallest absolute Gasteiger partial charge is 0.139 e. The van der Waals surface area contributed by atoms with Gasteiger partial charge in [0.05, 0.1) is 24.4 Å². The average Bonchev–Trinajstić information content (AvgIpc) is 3.30. The van der Waals surface area contributed by atoms with Crippen molar-refractivity contribution in [3.05, 3.63) is 60.4 Å². The number of aldehydes is 1. The van der Waals surface area contributed by atoms with Crippen molar-refractivity contribution in [2.75, 3.05) is 26.7 Å². The zero-order valence-corrected chi connectivity index (χ0v) is 20.1. The normalized spacial score (nSPS) is 16.0. The summed E-state index contributed by atoms with van der Waals surface area (Å²) < 4.78 is 0. The second-order valence-electron chi connectivity index (χ2n) is 7.47. The molecule has 1 aromatic rings. The number of hydrogen-bond acceptors (Lipinski definition) is 6. The fraction of sp³-hybridized carbons (Fsp3) is 0.480. The maximum Gasteiger partial charge on any atom is 0.139 e. The number of aliphatic imine (C=N–C) groups is 2. The van der Waals surface area contributed by atoms with E-state index < -0.39 is 0 Å². The number of carbonyl (C=O) groups is 1. The van der Waals surface area contributed by atoms with Crippen LogP contribution in [0.4, 0.5) is 0 Å². The summed E-state index contributed by atoms with van der Waals surface area (Å²) in [7, 11) is 1.50. The van der Waals surface area contributed by atoms with E-state index in [1.165, 1.54) is 18.2 Å². The van der Waals surface area contributed by atoms with E-state index >= 15 is 0 Å². The summed E-state index contributed by atoms with van der Waals surface area (Å²) in [6, 6.07) is 10.3. The number of hydrogen-bond donors (Lipinski definition) is 3. The number of carbonyl (C=O) groups excluding carboxylic acids is 1. The Morgan fingerprint density at radius 3 is 2.47 bits per heavy atom. The van der Waals surface area contributed by atoms with Crippen molar-refractivity contribution in [1.29, 1.82) is 0 Å². The second kappa shape index (κ2) is 17.9. The molecule has 0 spiro atoms. The van der Waals surface area contributed by atoms with Crippen molar-refractivity contribution in [3.63, 3.8) is 0 Å². The van der Waals surface area contributed by atoms with E-state index in [-0.39, 0.29) is 6.04 Å². The van der Waals surface area contributed by atoms with Crippen molar-refractivity contribution in [2.24, 2.45) is 21.5 Å². The third-order valence-electron chi connectivity index (χ3n) is 4.91. The van der Waals surface area contributed by atoms with Crippen LogP contribution in [0.2, 0.25) is 0 Å². The van der Waals surface area contributed by atoms with Crippen LogP contribution in [0.3, 0.4) is 0 Å². The molecule has 0 saturated carbocycles. The topological polar surface area (TPSA) is 109 Å². The highest BCUT2D eigenvalue weighted by atomic mass is 16.1. The third kappa shape index (κ3) is 11.6. The molecule has 178 valence electrons. The van der Waals surface area contributed by atoms with Crippen LogP contribution in [0.15, 0.2) is 64.9 Å². The Morgan fingerprint density at radius 2 is 1.97 bits per heavy atom. The predicted molar refractivity (Wildman–Crippen MR) is 138 cm³/mol. The van der Waals surface area contributed by atoms with Gasteiger partial charge in [-0.2, -0.15) is 0 Å². The molecule has 0 aliphatic carbocycles. The van der Waals surface area contributed by atoms with Gasteiger partial charge in [-0.15, -0.1) is 0 Å². The van der Waals surface area contributed by atoms with Crippen LogP contribution >= 0.6 is 0 Å². The first-order valence-corrected chi connectivity index (χ1v) is 11.0. The average molecular weight is 443 g/mol. The van der Waals surface area contributed by atoms with Crippen molar-refractivity contribution in [1.82, 2.24) is 10.2 Å². The Labute approximate surface area is 194 Å². The Hall–Kier alpha value is -2.77. The maximum absolute atomic E-state index is 10.4. The van der Waals surface area contributed by atoms with Gasteiger partial charge in [-0.3, -0.25) is 4.99 Å². The predicted octanol–water partition coefficient (Wildman–Crippen LogP) is 3.06. The molecular weight excluding hydrogens is 400 g/mol. The molecule has 32 heavy (non-hydrogen) atoms. The number of nitrogens with two attached hydrogens (primary N) is 2. The lowest BCUT2D eigenvalue weighted by Gasteiger charge is -2.29. The van der Waals surface area contributed by atoms with Crippen LogP contribution in [-0.2, 0) is 4.79 Å². The molecule has 1 aliphatic heterocycles. The van der Waals surface area contributed by atoms with E-state index in [2.05, 4.69) is 71.8 Å². The van der Waals surface area contributed by atoms with Crippen molar-refractivity contribution < 1.29 is 4.79 Å². The fourth-order valence-corrected chi connectivity index (χ4v) is 3.27. The molecule has 5 N–H and O–H groups in total. The van der Waals surface area contributed by atoms with Gasteiger partial charge in [0, 0.05) is 19.5 Å². The molecule has 1 heterocycles. The van der Waals surface area contributed by atoms with Gasteiger partial charge in [0.1, 0.15) is 12.1 Å². The maximum atomic E-state index is 10.4. The quantitative estimate of drug-likeness (QED) is 0.170. The fourth-order valence-electron chi connectivity index (χ4n) is 3.27. The molecule has 7 heteroatoms. The largest absolute Gasteiger partial charge is 0.370 e. The Kier molecular flexibility index (Phi) is 16.3. The molecule has 0 radical (unpaired) electrons.